The maximum absolute atomic E-state index is 11.1. The van der Waals surface area contributed by atoms with Crippen LogP contribution in [-0.2, 0) is 6.42 Å². The van der Waals surface area contributed by atoms with Gasteiger partial charge < -0.3 is 19.7 Å². The molecule has 0 saturated carbocycles. The monoisotopic (exact) mass is 354 g/mol. The number of allylic oxidation sites excluding steroid dienone is 2. The highest BCUT2D eigenvalue weighted by atomic mass is 16.7. The minimum atomic E-state index is -1.49. The molecule has 0 radical (unpaired) electrons. The van der Waals surface area contributed by atoms with Crippen LogP contribution in [0.5, 0.6) is 17.2 Å². The molecule has 2 N–H and O–H groups in total. The molecule has 0 fully saturated rings. The summed E-state index contributed by atoms with van der Waals surface area (Å²) < 4.78 is 10.2. The van der Waals surface area contributed by atoms with Crippen LogP contribution in [0.25, 0.3) is 12.2 Å². The fourth-order valence-corrected chi connectivity index (χ4v) is 2.50. The summed E-state index contributed by atoms with van der Waals surface area (Å²) >= 11 is 0. The maximum Gasteiger partial charge on any atom is 0.511 e. The first-order chi connectivity index (χ1) is 12.4. The third-order valence-corrected chi connectivity index (χ3v) is 3.73. The highest BCUT2D eigenvalue weighted by Gasteiger charge is 2.20. The van der Waals surface area contributed by atoms with Crippen LogP contribution in [0.4, 0.5) is 4.79 Å². The summed E-state index contributed by atoms with van der Waals surface area (Å²) in [6.45, 7) is 3.95. The number of phenols is 1. The molecule has 0 aliphatic heterocycles. The van der Waals surface area contributed by atoms with Crippen molar-refractivity contribution in [3.05, 3.63) is 64.7 Å². The Kier molecular flexibility index (Phi) is 6.44. The maximum atomic E-state index is 11.1. The number of hydrogen-bond acceptors (Lipinski definition) is 4. The first kappa shape index (κ1) is 19.1. The number of carboxylic acid groups (broad SMARTS) is 1. The van der Waals surface area contributed by atoms with E-state index in [0.29, 0.717) is 17.7 Å². The zero-order valence-corrected chi connectivity index (χ0v) is 15.0. The smallest absolute Gasteiger partial charge is 0.504 e. The lowest BCUT2D eigenvalue weighted by molar-refractivity contribution is 0.142. The van der Waals surface area contributed by atoms with Gasteiger partial charge in [0.25, 0.3) is 0 Å². The molecule has 0 bridgehead atoms. The largest absolute Gasteiger partial charge is 0.511 e. The van der Waals surface area contributed by atoms with Crippen LogP contribution >= 0.6 is 0 Å². The summed E-state index contributed by atoms with van der Waals surface area (Å²) in [6.07, 6.45) is 4.57. The molecule has 0 amide bonds. The van der Waals surface area contributed by atoms with E-state index in [1.165, 1.54) is 13.2 Å². The number of benzene rings is 2. The molecule has 0 aliphatic rings. The second-order valence-corrected chi connectivity index (χ2v) is 5.92. The van der Waals surface area contributed by atoms with Crippen molar-refractivity contribution < 1.29 is 24.5 Å². The second kappa shape index (κ2) is 8.76. The van der Waals surface area contributed by atoms with Crippen molar-refractivity contribution in [3.8, 4) is 17.2 Å². The molecule has 0 atom stereocenters. The van der Waals surface area contributed by atoms with Gasteiger partial charge in [0, 0.05) is 17.2 Å². The van der Waals surface area contributed by atoms with E-state index in [4.69, 9.17) is 14.6 Å². The van der Waals surface area contributed by atoms with Gasteiger partial charge >= 0.3 is 6.16 Å². The Morgan fingerprint density at radius 1 is 1.15 bits per heavy atom. The number of methoxy groups -OCH3 is 1. The highest BCUT2D eigenvalue weighted by Crippen LogP contribution is 2.40. The highest BCUT2D eigenvalue weighted by molar-refractivity contribution is 5.80. The van der Waals surface area contributed by atoms with Crippen molar-refractivity contribution in [1.82, 2.24) is 0 Å². The average molecular weight is 354 g/mol. The Balaban J connectivity index is 2.64. The van der Waals surface area contributed by atoms with Crippen molar-refractivity contribution in [2.24, 2.45) is 0 Å². The summed E-state index contributed by atoms with van der Waals surface area (Å²) in [5, 5.41) is 19.3. The molecule has 2 aromatic rings. The number of hydrogen-bond donors (Lipinski definition) is 2. The van der Waals surface area contributed by atoms with Crippen LogP contribution in [0, 0.1) is 0 Å². The summed E-state index contributed by atoms with van der Waals surface area (Å²) in [6, 6.07) is 10.9. The Labute approximate surface area is 152 Å². The van der Waals surface area contributed by atoms with Crippen LogP contribution in [0.2, 0.25) is 0 Å². The van der Waals surface area contributed by atoms with E-state index in [1.54, 1.807) is 6.08 Å². The molecule has 0 unspecified atom stereocenters. The molecule has 0 heterocycles. The average Bonchev–Trinajstić information content (AvgIpc) is 2.61. The van der Waals surface area contributed by atoms with Gasteiger partial charge in [-0.15, -0.1) is 0 Å². The van der Waals surface area contributed by atoms with Crippen LogP contribution < -0.4 is 9.47 Å². The molecule has 5 nitrogen and oxygen atoms in total. The van der Waals surface area contributed by atoms with Gasteiger partial charge in [-0.2, -0.15) is 0 Å². The Morgan fingerprint density at radius 3 is 2.42 bits per heavy atom. The molecule has 0 saturated heterocycles. The molecule has 0 spiro atoms. The molecule has 26 heavy (non-hydrogen) atoms. The van der Waals surface area contributed by atoms with Gasteiger partial charge in [-0.1, -0.05) is 54.1 Å². The molecule has 0 aromatic heterocycles. The number of rotatable bonds is 6. The summed E-state index contributed by atoms with van der Waals surface area (Å²) in [7, 11) is 1.50. The summed E-state index contributed by atoms with van der Waals surface area (Å²) in [5.41, 5.74) is 3.24. The van der Waals surface area contributed by atoms with E-state index >= 15 is 0 Å². The van der Waals surface area contributed by atoms with E-state index in [-0.39, 0.29) is 11.5 Å². The van der Waals surface area contributed by atoms with Crippen LogP contribution in [0.15, 0.2) is 48.0 Å². The normalized spacial score (nSPS) is 10.6. The van der Waals surface area contributed by atoms with Crippen molar-refractivity contribution >= 4 is 18.3 Å². The minimum Gasteiger partial charge on any atom is -0.504 e. The third kappa shape index (κ3) is 4.89. The zero-order valence-electron chi connectivity index (χ0n) is 15.0. The SMILES string of the molecule is COc1cc(O)c(OC(=O)O)c(C=Cc2ccccc2)c1CC=C(C)C. The van der Waals surface area contributed by atoms with E-state index < -0.39 is 6.16 Å². The van der Waals surface area contributed by atoms with Gasteiger partial charge in [0.2, 0.25) is 0 Å². The van der Waals surface area contributed by atoms with E-state index in [0.717, 1.165) is 16.7 Å². The van der Waals surface area contributed by atoms with Gasteiger partial charge in [0.15, 0.2) is 11.5 Å². The first-order valence-electron chi connectivity index (χ1n) is 8.12. The topological polar surface area (TPSA) is 76.0 Å². The van der Waals surface area contributed by atoms with Gasteiger partial charge in [0.1, 0.15) is 5.75 Å². The fraction of sp³-hybridized carbons (Fsp3) is 0.190. The predicted molar refractivity (Wildman–Crippen MR) is 102 cm³/mol. The zero-order chi connectivity index (χ0) is 19.1. The Hall–Kier alpha value is -3.21. The Morgan fingerprint density at radius 2 is 1.85 bits per heavy atom. The second-order valence-electron chi connectivity index (χ2n) is 5.92. The van der Waals surface area contributed by atoms with Gasteiger partial charge in [-0.3, -0.25) is 0 Å². The van der Waals surface area contributed by atoms with Crippen LogP contribution in [-0.4, -0.2) is 23.5 Å². The third-order valence-electron chi connectivity index (χ3n) is 3.73. The van der Waals surface area contributed by atoms with Crippen molar-refractivity contribution in [2.75, 3.05) is 7.11 Å². The fourth-order valence-electron chi connectivity index (χ4n) is 2.50. The standard InChI is InChI=1S/C21H22O5/c1-14(2)9-11-16-17(12-10-15-7-5-4-6-8-15)20(26-21(23)24)18(22)13-19(16)25-3/h4-10,12-13,22H,11H2,1-3H3,(H,23,24). The van der Waals surface area contributed by atoms with E-state index in [1.807, 2.05) is 56.3 Å². The molecular formula is C21H22O5. The van der Waals surface area contributed by atoms with E-state index in [2.05, 4.69) is 0 Å². The summed E-state index contributed by atoms with van der Waals surface area (Å²) in [4.78, 5) is 11.1. The van der Waals surface area contributed by atoms with Gasteiger partial charge in [0.05, 0.1) is 7.11 Å². The van der Waals surface area contributed by atoms with Crippen LogP contribution in [0.3, 0.4) is 0 Å². The number of ether oxygens (including phenoxy) is 2. The van der Waals surface area contributed by atoms with Crippen LogP contribution in [0.1, 0.15) is 30.5 Å². The molecule has 2 rings (SSSR count). The lowest BCUT2D eigenvalue weighted by Gasteiger charge is -2.16. The lowest BCUT2D eigenvalue weighted by Crippen LogP contribution is -2.07. The molecule has 2 aromatic carbocycles. The summed E-state index contributed by atoms with van der Waals surface area (Å²) in [5.74, 6) is 0.0611. The number of carbonyl (C=O) groups is 1. The quantitative estimate of drug-likeness (QED) is 0.325. The first-order valence-corrected chi connectivity index (χ1v) is 8.12. The van der Waals surface area contributed by atoms with Gasteiger partial charge in [-0.05, 0) is 25.8 Å². The van der Waals surface area contributed by atoms with Crippen molar-refractivity contribution in [3.63, 3.8) is 0 Å². The van der Waals surface area contributed by atoms with E-state index in [9.17, 15) is 9.90 Å². The predicted octanol–water partition coefficient (Wildman–Crippen LogP) is 5.14. The number of phenolic OH excluding ortho intramolecular Hbond substituents is 1. The molecule has 0 aliphatic carbocycles. The van der Waals surface area contributed by atoms with Gasteiger partial charge in [-0.25, -0.2) is 4.79 Å². The molecule has 136 valence electrons. The molecular weight excluding hydrogens is 332 g/mol. The molecule has 5 heteroatoms. The van der Waals surface area contributed by atoms with Crippen molar-refractivity contribution in [1.29, 1.82) is 0 Å². The lowest BCUT2D eigenvalue weighted by atomic mass is 9.99. The van der Waals surface area contributed by atoms with Crippen molar-refractivity contribution in [2.45, 2.75) is 20.3 Å². The number of aromatic hydroxyl groups is 1. The Bertz CT molecular complexity index is 831. The minimum absolute atomic E-state index is 0.109.